The summed E-state index contributed by atoms with van der Waals surface area (Å²) in [6, 6.07) is 2.03. The first-order valence-electron chi connectivity index (χ1n) is 8.76. The first kappa shape index (κ1) is 16.7. The molecule has 0 unspecified atom stereocenters. The molecule has 0 radical (unpaired) electrons. The zero-order valence-electron chi connectivity index (χ0n) is 14.2. The molecule has 7 nitrogen and oxygen atoms in total. The molecule has 1 aliphatic rings. The second-order valence-corrected chi connectivity index (χ2v) is 6.37. The third-order valence-corrected chi connectivity index (χ3v) is 4.31. The van der Waals surface area contributed by atoms with Crippen LogP contribution in [0, 0.1) is 0 Å². The molecule has 0 aliphatic carbocycles. The van der Waals surface area contributed by atoms with Crippen molar-refractivity contribution in [3.8, 4) is 0 Å². The molecule has 3 heterocycles. The Morgan fingerprint density at radius 3 is 3.17 bits per heavy atom. The third-order valence-electron chi connectivity index (χ3n) is 4.31. The highest BCUT2D eigenvalue weighted by Crippen LogP contribution is 2.21. The Hall–Kier alpha value is -2.15. The fourth-order valence-electron chi connectivity index (χ4n) is 3.04. The summed E-state index contributed by atoms with van der Waals surface area (Å²) in [6.45, 7) is 5.84. The molecule has 24 heavy (non-hydrogen) atoms. The lowest BCUT2D eigenvalue weighted by molar-refractivity contribution is -0.122. The van der Waals surface area contributed by atoms with Crippen LogP contribution in [-0.4, -0.2) is 38.6 Å². The van der Waals surface area contributed by atoms with Gasteiger partial charge in [0.1, 0.15) is 6.54 Å². The van der Waals surface area contributed by atoms with E-state index in [4.69, 9.17) is 0 Å². The van der Waals surface area contributed by atoms with Crippen molar-refractivity contribution >= 4 is 5.91 Å². The van der Waals surface area contributed by atoms with Gasteiger partial charge in [0.05, 0.1) is 11.9 Å². The van der Waals surface area contributed by atoms with Crippen molar-refractivity contribution in [2.24, 2.45) is 0 Å². The molecule has 130 valence electrons. The molecular weight excluding hydrogens is 304 g/mol. The van der Waals surface area contributed by atoms with Crippen molar-refractivity contribution in [3.63, 3.8) is 0 Å². The van der Waals surface area contributed by atoms with Gasteiger partial charge in [0.15, 0.2) is 0 Å². The Balaban J connectivity index is 1.46. The minimum Gasteiger partial charge on any atom is -0.350 e. The fraction of sp³-hybridized carbons (Fsp3) is 0.588. The van der Waals surface area contributed by atoms with E-state index < -0.39 is 0 Å². The predicted molar refractivity (Wildman–Crippen MR) is 91.4 cm³/mol. The number of aromatic nitrogens is 4. The highest BCUT2D eigenvalue weighted by atomic mass is 16.2. The molecule has 0 bridgehead atoms. The van der Waals surface area contributed by atoms with E-state index in [-0.39, 0.29) is 12.5 Å². The van der Waals surface area contributed by atoms with Crippen LogP contribution in [0.25, 0.3) is 0 Å². The molecule has 1 saturated heterocycles. The van der Waals surface area contributed by atoms with Gasteiger partial charge < -0.3 is 10.6 Å². The molecule has 0 saturated carbocycles. The predicted octanol–water partition coefficient (Wildman–Crippen LogP) is 1.27. The maximum atomic E-state index is 12.1. The van der Waals surface area contributed by atoms with E-state index in [1.165, 1.54) is 6.42 Å². The van der Waals surface area contributed by atoms with Gasteiger partial charge in [-0.05, 0) is 31.9 Å². The molecule has 0 aromatic carbocycles. The minimum absolute atomic E-state index is 0.0327. The lowest BCUT2D eigenvalue weighted by Gasteiger charge is -2.20. The molecule has 2 aromatic heterocycles. The standard InChI is InChI=1S/C17H26N6O/c1-2-7-22-12-14(10-20-22)9-19-17(24)13-23-8-5-16(21-23)15-4-3-6-18-11-15/h5,8,10,12,15,18H,2-4,6-7,9,11,13H2,1H3,(H,19,24)/t15-/m1/s1. The monoisotopic (exact) mass is 330 g/mol. The van der Waals surface area contributed by atoms with Crippen LogP contribution in [0.1, 0.15) is 43.4 Å². The Morgan fingerprint density at radius 1 is 1.46 bits per heavy atom. The second-order valence-electron chi connectivity index (χ2n) is 6.37. The molecule has 7 heteroatoms. The summed E-state index contributed by atoms with van der Waals surface area (Å²) < 4.78 is 3.62. The molecule has 1 atom stereocenters. The van der Waals surface area contributed by atoms with Crippen LogP contribution in [0.4, 0.5) is 0 Å². The van der Waals surface area contributed by atoms with E-state index in [2.05, 4.69) is 27.8 Å². The van der Waals surface area contributed by atoms with Gasteiger partial charge in [-0.1, -0.05) is 6.92 Å². The number of hydrogen-bond acceptors (Lipinski definition) is 4. The first-order valence-corrected chi connectivity index (χ1v) is 8.76. The van der Waals surface area contributed by atoms with Crippen LogP contribution in [-0.2, 0) is 24.4 Å². The van der Waals surface area contributed by atoms with Gasteiger partial charge in [0.25, 0.3) is 0 Å². The van der Waals surface area contributed by atoms with Crippen molar-refractivity contribution in [1.29, 1.82) is 0 Å². The number of carbonyl (C=O) groups is 1. The Morgan fingerprint density at radius 2 is 2.38 bits per heavy atom. The molecule has 2 N–H and O–H groups in total. The van der Waals surface area contributed by atoms with Crippen LogP contribution in [0.2, 0.25) is 0 Å². The number of aryl methyl sites for hydroxylation is 1. The normalized spacial score (nSPS) is 17.8. The summed E-state index contributed by atoms with van der Waals surface area (Å²) in [5, 5.41) is 15.1. The Labute approximate surface area is 142 Å². The van der Waals surface area contributed by atoms with Crippen LogP contribution in [0.3, 0.4) is 0 Å². The quantitative estimate of drug-likeness (QED) is 0.802. The molecular formula is C17H26N6O. The lowest BCUT2D eigenvalue weighted by Crippen LogP contribution is -2.29. The lowest BCUT2D eigenvalue weighted by atomic mass is 9.97. The highest BCUT2D eigenvalue weighted by molar-refractivity contribution is 5.75. The fourth-order valence-corrected chi connectivity index (χ4v) is 3.04. The molecule has 0 spiro atoms. The molecule has 3 rings (SSSR count). The zero-order valence-corrected chi connectivity index (χ0v) is 14.2. The van der Waals surface area contributed by atoms with Crippen LogP contribution < -0.4 is 10.6 Å². The van der Waals surface area contributed by atoms with Crippen molar-refractivity contribution in [2.45, 2.75) is 51.7 Å². The smallest absolute Gasteiger partial charge is 0.241 e. The Kier molecular flexibility index (Phi) is 5.63. The first-order chi connectivity index (χ1) is 11.7. The van der Waals surface area contributed by atoms with Crippen LogP contribution >= 0.6 is 0 Å². The van der Waals surface area contributed by atoms with Gasteiger partial charge in [-0.25, -0.2) is 0 Å². The minimum atomic E-state index is -0.0327. The topological polar surface area (TPSA) is 76.8 Å². The zero-order chi connectivity index (χ0) is 16.8. The van der Waals surface area contributed by atoms with Gasteiger partial charge in [-0.3, -0.25) is 14.2 Å². The van der Waals surface area contributed by atoms with Crippen molar-refractivity contribution in [1.82, 2.24) is 30.2 Å². The number of rotatable bonds is 7. The summed E-state index contributed by atoms with van der Waals surface area (Å²) >= 11 is 0. The van der Waals surface area contributed by atoms with Crippen molar-refractivity contribution in [3.05, 3.63) is 35.9 Å². The largest absolute Gasteiger partial charge is 0.350 e. The summed E-state index contributed by atoms with van der Waals surface area (Å²) in [5.41, 5.74) is 2.10. The maximum absolute atomic E-state index is 12.1. The second kappa shape index (κ2) is 8.10. The van der Waals surface area contributed by atoms with Gasteiger partial charge >= 0.3 is 0 Å². The number of hydrogen-bond donors (Lipinski definition) is 2. The van der Waals surface area contributed by atoms with E-state index in [1.54, 1.807) is 10.9 Å². The average molecular weight is 330 g/mol. The number of amides is 1. The molecule has 2 aromatic rings. The van der Waals surface area contributed by atoms with Gasteiger partial charge in [-0.15, -0.1) is 0 Å². The summed E-state index contributed by atoms with van der Waals surface area (Å²) in [5.74, 6) is 0.433. The summed E-state index contributed by atoms with van der Waals surface area (Å²) in [4.78, 5) is 12.1. The van der Waals surface area contributed by atoms with E-state index in [9.17, 15) is 4.79 Å². The van der Waals surface area contributed by atoms with Crippen LogP contribution in [0.15, 0.2) is 24.7 Å². The van der Waals surface area contributed by atoms with Crippen LogP contribution in [0.5, 0.6) is 0 Å². The third kappa shape index (κ3) is 4.44. The number of nitrogens with zero attached hydrogens (tertiary/aromatic N) is 4. The van der Waals surface area contributed by atoms with E-state index in [1.807, 2.05) is 23.1 Å². The van der Waals surface area contributed by atoms with E-state index in [0.29, 0.717) is 12.5 Å². The molecule has 1 fully saturated rings. The highest BCUT2D eigenvalue weighted by Gasteiger charge is 2.17. The Bertz CT molecular complexity index is 656. The summed E-state index contributed by atoms with van der Waals surface area (Å²) in [6.07, 6.45) is 9.07. The number of nitrogens with one attached hydrogen (secondary N) is 2. The molecule has 1 amide bonds. The number of carbonyl (C=O) groups excluding carboxylic acids is 1. The summed E-state index contributed by atoms with van der Waals surface area (Å²) in [7, 11) is 0. The van der Waals surface area contributed by atoms with Crippen molar-refractivity contribution < 1.29 is 4.79 Å². The van der Waals surface area contributed by atoms with E-state index in [0.717, 1.165) is 43.7 Å². The average Bonchev–Trinajstić information content (AvgIpc) is 3.24. The van der Waals surface area contributed by atoms with Gasteiger partial charge in [0, 0.05) is 43.5 Å². The number of piperidine rings is 1. The molecule has 1 aliphatic heterocycles. The SMILES string of the molecule is CCCn1cc(CNC(=O)Cn2ccc([C@@H]3CCCNC3)n2)cn1. The maximum Gasteiger partial charge on any atom is 0.241 e. The van der Waals surface area contributed by atoms with Crippen molar-refractivity contribution in [2.75, 3.05) is 13.1 Å². The van der Waals surface area contributed by atoms with Gasteiger partial charge in [-0.2, -0.15) is 10.2 Å². The van der Waals surface area contributed by atoms with E-state index >= 15 is 0 Å². The van der Waals surface area contributed by atoms with Gasteiger partial charge in [0.2, 0.25) is 5.91 Å².